The van der Waals surface area contributed by atoms with Crippen LogP contribution in [0.3, 0.4) is 0 Å². The Labute approximate surface area is 135 Å². The van der Waals surface area contributed by atoms with Crippen LogP contribution in [-0.2, 0) is 0 Å². The highest BCUT2D eigenvalue weighted by Crippen LogP contribution is 2.27. The van der Waals surface area contributed by atoms with Crippen molar-refractivity contribution >= 4 is 11.6 Å². The summed E-state index contributed by atoms with van der Waals surface area (Å²) in [7, 11) is 1.97. The summed E-state index contributed by atoms with van der Waals surface area (Å²) in [5.41, 5.74) is 0.784. The van der Waals surface area contributed by atoms with Crippen LogP contribution in [0.1, 0.15) is 18.4 Å². The van der Waals surface area contributed by atoms with Crippen LogP contribution in [0, 0.1) is 17.1 Å². The van der Waals surface area contributed by atoms with E-state index in [1.807, 2.05) is 19.2 Å². The van der Waals surface area contributed by atoms with Gasteiger partial charge in [-0.25, -0.2) is 14.4 Å². The number of benzene rings is 1. The van der Waals surface area contributed by atoms with E-state index in [1.54, 1.807) is 24.5 Å². The Morgan fingerprint density at radius 3 is 2.83 bits per heavy atom. The summed E-state index contributed by atoms with van der Waals surface area (Å²) in [4.78, 5) is 12.7. The number of halogens is 1. The molecule has 2 heterocycles. The Hall–Kier alpha value is -2.68. The smallest absolute Gasteiger partial charge is 0.225 e. The van der Waals surface area contributed by atoms with Crippen LogP contribution in [0.2, 0.25) is 0 Å². The monoisotopic (exact) mass is 311 g/mol. The van der Waals surface area contributed by atoms with Gasteiger partial charge in [-0.15, -0.1) is 0 Å². The summed E-state index contributed by atoms with van der Waals surface area (Å²) in [5.74, 6) is 0.214. The molecule has 2 aromatic rings. The van der Waals surface area contributed by atoms with Crippen molar-refractivity contribution in [1.82, 2.24) is 9.97 Å². The first-order chi connectivity index (χ1) is 11.2. The molecule has 1 aromatic carbocycles. The van der Waals surface area contributed by atoms with E-state index in [0.29, 0.717) is 18.2 Å². The van der Waals surface area contributed by atoms with Gasteiger partial charge in [0.05, 0.1) is 5.69 Å². The molecule has 0 N–H and O–H groups in total. The standard InChI is InChI=1S/C17H18FN5/c1-22(17-20-8-4-9-21-17)13-5-3-10-23(12-13)16-7-2-6-15(18)14(16)11-19/h2,4,6-9,13H,3,5,10,12H2,1H3. The van der Waals surface area contributed by atoms with Crippen molar-refractivity contribution in [2.24, 2.45) is 0 Å². The van der Waals surface area contributed by atoms with Crippen LogP contribution < -0.4 is 9.80 Å². The predicted molar refractivity (Wildman–Crippen MR) is 86.8 cm³/mol. The lowest BCUT2D eigenvalue weighted by atomic mass is 10.0. The summed E-state index contributed by atoms with van der Waals surface area (Å²) >= 11 is 0. The number of nitriles is 1. The summed E-state index contributed by atoms with van der Waals surface area (Å²) in [6, 6.07) is 8.78. The van der Waals surface area contributed by atoms with E-state index in [0.717, 1.165) is 19.4 Å². The number of likely N-dealkylation sites (N-methyl/N-ethyl adjacent to an activating group) is 1. The third kappa shape index (κ3) is 3.09. The van der Waals surface area contributed by atoms with Crippen molar-refractivity contribution in [3.63, 3.8) is 0 Å². The van der Waals surface area contributed by atoms with Crippen LogP contribution in [-0.4, -0.2) is 36.1 Å². The molecule has 118 valence electrons. The molecule has 5 nitrogen and oxygen atoms in total. The minimum Gasteiger partial charge on any atom is -0.368 e. The van der Waals surface area contributed by atoms with Crippen LogP contribution in [0.15, 0.2) is 36.7 Å². The molecule has 3 rings (SSSR count). The third-order valence-electron chi connectivity index (χ3n) is 4.26. The zero-order chi connectivity index (χ0) is 16.2. The van der Waals surface area contributed by atoms with E-state index < -0.39 is 5.82 Å². The average molecular weight is 311 g/mol. The van der Waals surface area contributed by atoms with Gasteiger partial charge in [0.2, 0.25) is 5.95 Å². The SMILES string of the molecule is CN(c1ncccn1)C1CCCN(c2cccc(F)c2C#N)C1. The lowest BCUT2D eigenvalue weighted by molar-refractivity contribution is 0.482. The normalized spacial score (nSPS) is 17.6. The van der Waals surface area contributed by atoms with Gasteiger partial charge in [-0.3, -0.25) is 0 Å². The molecule has 0 aliphatic carbocycles. The second-order valence-corrected chi connectivity index (χ2v) is 5.65. The van der Waals surface area contributed by atoms with Gasteiger partial charge in [0, 0.05) is 38.6 Å². The highest BCUT2D eigenvalue weighted by Gasteiger charge is 2.26. The first-order valence-corrected chi connectivity index (χ1v) is 7.64. The predicted octanol–water partition coefficient (Wildman–Crippen LogP) is 2.59. The Kier molecular flexibility index (Phi) is 4.38. The molecule has 0 bridgehead atoms. The third-order valence-corrected chi connectivity index (χ3v) is 4.26. The molecule has 0 spiro atoms. The first-order valence-electron chi connectivity index (χ1n) is 7.64. The molecule has 0 amide bonds. The quantitative estimate of drug-likeness (QED) is 0.872. The Morgan fingerprint density at radius 1 is 1.30 bits per heavy atom. The molecule has 0 saturated carbocycles. The molecular formula is C17H18FN5. The minimum atomic E-state index is -0.466. The van der Waals surface area contributed by atoms with Gasteiger partial charge in [0.25, 0.3) is 0 Å². The zero-order valence-corrected chi connectivity index (χ0v) is 13.0. The summed E-state index contributed by atoms with van der Waals surface area (Å²) < 4.78 is 13.8. The number of hydrogen-bond donors (Lipinski definition) is 0. The Bertz CT molecular complexity index is 713. The number of anilines is 2. The molecule has 1 unspecified atom stereocenters. The average Bonchev–Trinajstić information content (AvgIpc) is 2.61. The second-order valence-electron chi connectivity index (χ2n) is 5.65. The van der Waals surface area contributed by atoms with Gasteiger partial charge in [0.1, 0.15) is 17.4 Å². The van der Waals surface area contributed by atoms with Crippen LogP contribution in [0.4, 0.5) is 16.0 Å². The van der Waals surface area contributed by atoms with Crippen molar-refractivity contribution < 1.29 is 4.39 Å². The van der Waals surface area contributed by atoms with Gasteiger partial charge in [-0.1, -0.05) is 6.07 Å². The minimum absolute atomic E-state index is 0.117. The number of piperidine rings is 1. The molecule has 0 radical (unpaired) electrons. The molecule has 1 aliphatic rings. The maximum absolute atomic E-state index is 13.8. The van der Waals surface area contributed by atoms with Gasteiger partial charge < -0.3 is 9.80 Å². The second kappa shape index (κ2) is 6.61. The lowest BCUT2D eigenvalue weighted by Crippen LogP contribution is -2.47. The molecule has 1 aliphatic heterocycles. The van der Waals surface area contributed by atoms with Crippen molar-refractivity contribution in [1.29, 1.82) is 5.26 Å². The highest BCUT2D eigenvalue weighted by atomic mass is 19.1. The van der Waals surface area contributed by atoms with Crippen molar-refractivity contribution in [3.8, 4) is 6.07 Å². The summed E-state index contributed by atoms with van der Waals surface area (Å²) in [6.07, 6.45) is 5.44. The first kappa shape index (κ1) is 15.2. The Balaban J connectivity index is 1.82. The fourth-order valence-corrected chi connectivity index (χ4v) is 3.01. The van der Waals surface area contributed by atoms with E-state index in [4.69, 9.17) is 0 Å². The van der Waals surface area contributed by atoms with Gasteiger partial charge >= 0.3 is 0 Å². The maximum Gasteiger partial charge on any atom is 0.225 e. The molecule has 1 aromatic heterocycles. The zero-order valence-electron chi connectivity index (χ0n) is 13.0. The van der Waals surface area contributed by atoms with Crippen LogP contribution in [0.25, 0.3) is 0 Å². The number of rotatable bonds is 3. The summed E-state index contributed by atoms with van der Waals surface area (Å²) in [6.45, 7) is 1.53. The topological polar surface area (TPSA) is 56.1 Å². The van der Waals surface area contributed by atoms with Gasteiger partial charge in [-0.05, 0) is 31.0 Å². The lowest BCUT2D eigenvalue weighted by Gasteiger charge is -2.39. The van der Waals surface area contributed by atoms with E-state index in [9.17, 15) is 9.65 Å². The van der Waals surface area contributed by atoms with Crippen LogP contribution >= 0.6 is 0 Å². The van der Waals surface area contributed by atoms with Gasteiger partial charge in [0.15, 0.2) is 0 Å². The van der Waals surface area contributed by atoms with Crippen molar-refractivity contribution in [2.45, 2.75) is 18.9 Å². The fourth-order valence-electron chi connectivity index (χ4n) is 3.01. The number of aromatic nitrogens is 2. The fraction of sp³-hybridized carbons (Fsp3) is 0.353. The Morgan fingerprint density at radius 2 is 2.09 bits per heavy atom. The van der Waals surface area contributed by atoms with Crippen molar-refractivity contribution in [2.75, 3.05) is 29.9 Å². The van der Waals surface area contributed by atoms with E-state index >= 15 is 0 Å². The van der Waals surface area contributed by atoms with E-state index in [1.165, 1.54) is 6.07 Å². The molecule has 6 heteroatoms. The molecular weight excluding hydrogens is 293 g/mol. The van der Waals surface area contributed by atoms with Crippen molar-refractivity contribution in [3.05, 3.63) is 48.0 Å². The van der Waals surface area contributed by atoms with E-state index in [2.05, 4.69) is 19.8 Å². The molecule has 1 fully saturated rings. The number of nitrogens with zero attached hydrogens (tertiary/aromatic N) is 5. The van der Waals surface area contributed by atoms with Gasteiger partial charge in [-0.2, -0.15) is 5.26 Å². The highest BCUT2D eigenvalue weighted by molar-refractivity contribution is 5.60. The molecule has 23 heavy (non-hydrogen) atoms. The van der Waals surface area contributed by atoms with Crippen LogP contribution in [0.5, 0.6) is 0 Å². The molecule has 1 atom stereocenters. The summed E-state index contributed by atoms with van der Waals surface area (Å²) in [5, 5.41) is 9.24. The van der Waals surface area contributed by atoms with E-state index in [-0.39, 0.29) is 11.6 Å². The maximum atomic E-state index is 13.8. The largest absolute Gasteiger partial charge is 0.368 e. The number of hydrogen-bond acceptors (Lipinski definition) is 5. The molecule has 1 saturated heterocycles.